The first-order valence-electron chi connectivity index (χ1n) is 9.99. The van der Waals surface area contributed by atoms with Gasteiger partial charge in [0.15, 0.2) is 4.75 Å². The summed E-state index contributed by atoms with van der Waals surface area (Å²) < 4.78 is 46.2. The van der Waals surface area contributed by atoms with E-state index >= 15 is 0 Å². The fraction of sp³-hybridized carbons (Fsp3) is 0.450. The predicted molar refractivity (Wildman–Crippen MR) is 115 cm³/mol. The number of thiophene rings is 1. The number of carbonyl (C=O) groups is 1. The quantitative estimate of drug-likeness (QED) is 0.514. The van der Waals surface area contributed by atoms with Crippen molar-refractivity contribution in [3.8, 4) is 10.4 Å². The zero-order chi connectivity index (χ0) is 22.1. The minimum atomic E-state index is -4.03. The minimum Gasteiger partial charge on any atom is -0.381 e. The maximum Gasteiger partial charge on any atom is 0.266 e. The van der Waals surface area contributed by atoms with Crippen LogP contribution in [0, 0.1) is 5.82 Å². The van der Waals surface area contributed by atoms with Gasteiger partial charge in [0.05, 0.1) is 0 Å². The summed E-state index contributed by atoms with van der Waals surface area (Å²) >= 11 is 1.47. The Morgan fingerprint density at radius 2 is 1.87 bits per heavy atom. The number of amides is 1. The normalized spacial score (nSPS) is 19.9. The van der Waals surface area contributed by atoms with Gasteiger partial charge in [-0.3, -0.25) is 10.0 Å². The topological polar surface area (TPSA) is 99.2 Å². The molecule has 3 heterocycles. The number of ether oxygens (including phenoxy) is 1. The summed E-state index contributed by atoms with van der Waals surface area (Å²) in [6.45, 7) is 1.32. The Hall–Kier alpha value is -2.05. The van der Waals surface area contributed by atoms with Crippen LogP contribution in [0.2, 0.25) is 0 Å². The number of hydroxylamine groups is 1. The highest BCUT2D eigenvalue weighted by Crippen LogP contribution is 2.34. The molecule has 0 bridgehead atoms. The van der Waals surface area contributed by atoms with Crippen molar-refractivity contribution >= 4 is 33.0 Å². The molecule has 1 aromatic carbocycles. The summed E-state index contributed by atoms with van der Waals surface area (Å²) in [6, 6.07) is 8.78. The van der Waals surface area contributed by atoms with E-state index in [4.69, 9.17) is 9.94 Å². The van der Waals surface area contributed by atoms with Crippen molar-refractivity contribution < 1.29 is 27.5 Å². The van der Waals surface area contributed by atoms with Crippen molar-refractivity contribution in [3.05, 3.63) is 41.5 Å². The smallest absolute Gasteiger partial charge is 0.266 e. The third-order valence-electron chi connectivity index (χ3n) is 5.99. The van der Waals surface area contributed by atoms with E-state index in [9.17, 15) is 17.6 Å². The number of halogens is 1. The molecule has 2 aliphatic heterocycles. The summed E-state index contributed by atoms with van der Waals surface area (Å²) in [6.07, 6.45) is -0.0331. The number of rotatable bonds is 5. The van der Waals surface area contributed by atoms with E-state index in [1.54, 1.807) is 6.07 Å². The van der Waals surface area contributed by atoms with Crippen LogP contribution in [-0.2, 0) is 19.6 Å². The van der Waals surface area contributed by atoms with Crippen molar-refractivity contribution in [1.29, 1.82) is 0 Å². The van der Waals surface area contributed by atoms with Crippen LogP contribution in [-0.4, -0.2) is 68.0 Å². The molecule has 1 amide bonds. The second kappa shape index (κ2) is 8.83. The molecule has 2 saturated heterocycles. The fourth-order valence-corrected chi connectivity index (χ4v) is 7.03. The van der Waals surface area contributed by atoms with Gasteiger partial charge in [0, 0.05) is 68.4 Å². The Balaban J connectivity index is 1.49. The number of sulfonamides is 1. The molecular weight excluding hydrogens is 445 g/mol. The number of hydrogen-bond donors (Lipinski definition) is 2. The molecule has 8 nitrogen and oxygen atoms in total. The van der Waals surface area contributed by atoms with E-state index < -0.39 is 20.7 Å². The van der Waals surface area contributed by atoms with E-state index in [1.807, 2.05) is 28.5 Å². The van der Waals surface area contributed by atoms with Crippen LogP contribution in [0.5, 0.6) is 0 Å². The van der Waals surface area contributed by atoms with Gasteiger partial charge in [-0.25, -0.2) is 18.3 Å². The number of hydrogen-bond acceptors (Lipinski definition) is 7. The van der Waals surface area contributed by atoms with Gasteiger partial charge in [0.2, 0.25) is 10.0 Å². The van der Waals surface area contributed by atoms with E-state index in [1.165, 1.54) is 27.2 Å². The van der Waals surface area contributed by atoms with Gasteiger partial charge in [-0.15, -0.1) is 11.3 Å². The largest absolute Gasteiger partial charge is 0.381 e. The Labute approximate surface area is 184 Å². The second-order valence-corrected chi connectivity index (χ2v) is 10.8. The van der Waals surface area contributed by atoms with Crippen LogP contribution >= 0.6 is 11.3 Å². The Kier molecular flexibility index (Phi) is 6.31. The van der Waals surface area contributed by atoms with Crippen LogP contribution in [0.25, 0.3) is 10.4 Å². The molecule has 11 heteroatoms. The van der Waals surface area contributed by atoms with E-state index in [0.29, 0.717) is 24.3 Å². The van der Waals surface area contributed by atoms with Crippen molar-refractivity contribution in [2.45, 2.75) is 17.6 Å². The summed E-state index contributed by atoms with van der Waals surface area (Å²) in [5.74, 6) is -1.25. The van der Waals surface area contributed by atoms with Gasteiger partial charge in [-0.2, -0.15) is 4.31 Å². The lowest BCUT2D eigenvalue weighted by Crippen LogP contribution is -2.62. The van der Waals surface area contributed by atoms with Gasteiger partial charge >= 0.3 is 0 Å². The lowest BCUT2D eigenvalue weighted by molar-refractivity contribution is -0.134. The highest BCUT2D eigenvalue weighted by atomic mass is 32.2. The number of piperazine rings is 1. The lowest BCUT2D eigenvalue weighted by Gasteiger charge is -2.42. The minimum absolute atomic E-state index is 0.0165. The molecule has 0 saturated carbocycles. The highest BCUT2D eigenvalue weighted by molar-refractivity contribution is 7.91. The molecule has 4 rings (SSSR count). The summed E-state index contributed by atoms with van der Waals surface area (Å²) in [7, 11) is -4.03. The van der Waals surface area contributed by atoms with Crippen LogP contribution in [0.15, 0.2) is 35.7 Å². The summed E-state index contributed by atoms with van der Waals surface area (Å²) in [4.78, 5) is 15.1. The maximum atomic E-state index is 14.6. The Morgan fingerprint density at radius 1 is 1.16 bits per heavy atom. The first kappa shape index (κ1) is 22.2. The van der Waals surface area contributed by atoms with Crippen molar-refractivity contribution in [3.63, 3.8) is 0 Å². The third-order valence-corrected chi connectivity index (χ3v) is 9.52. The van der Waals surface area contributed by atoms with Gasteiger partial charge < -0.3 is 9.64 Å². The third kappa shape index (κ3) is 3.96. The molecule has 0 aliphatic carbocycles. The van der Waals surface area contributed by atoms with Crippen LogP contribution in [0.4, 0.5) is 10.1 Å². The number of nitrogens with zero attached hydrogens (tertiary/aromatic N) is 2. The second-order valence-electron chi connectivity index (χ2n) is 7.58. The van der Waals surface area contributed by atoms with Crippen molar-refractivity contribution in [1.82, 2.24) is 9.79 Å². The van der Waals surface area contributed by atoms with Crippen LogP contribution < -0.4 is 10.4 Å². The average Bonchev–Trinajstić information content (AvgIpc) is 3.33. The number of nitrogens with one attached hydrogen (secondary N) is 1. The molecule has 168 valence electrons. The van der Waals surface area contributed by atoms with Gasteiger partial charge in [0.1, 0.15) is 5.82 Å². The Morgan fingerprint density at radius 3 is 2.45 bits per heavy atom. The molecule has 1 aromatic heterocycles. The summed E-state index contributed by atoms with van der Waals surface area (Å²) in [5, 5.41) is 11.0. The molecule has 0 unspecified atom stereocenters. The van der Waals surface area contributed by atoms with E-state index in [-0.39, 0.29) is 45.0 Å². The molecule has 2 aliphatic rings. The van der Waals surface area contributed by atoms with Gasteiger partial charge in [0.25, 0.3) is 5.91 Å². The van der Waals surface area contributed by atoms with Crippen molar-refractivity contribution in [2.75, 3.05) is 44.3 Å². The molecule has 0 atom stereocenters. The molecule has 0 radical (unpaired) electrons. The van der Waals surface area contributed by atoms with Crippen molar-refractivity contribution in [2.24, 2.45) is 0 Å². The Bertz CT molecular complexity index is 1030. The first-order valence-corrected chi connectivity index (χ1v) is 12.3. The monoisotopic (exact) mass is 469 g/mol. The average molecular weight is 470 g/mol. The summed E-state index contributed by atoms with van der Waals surface area (Å²) in [5.41, 5.74) is 2.75. The van der Waals surface area contributed by atoms with Crippen LogP contribution in [0.1, 0.15) is 12.8 Å². The number of carbonyl (C=O) groups excluding carboxylic acids is 1. The van der Waals surface area contributed by atoms with E-state index in [0.717, 1.165) is 4.88 Å². The van der Waals surface area contributed by atoms with Gasteiger partial charge in [-0.05, 0) is 29.6 Å². The number of benzene rings is 1. The van der Waals surface area contributed by atoms with Crippen LogP contribution in [0.3, 0.4) is 0 Å². The molecule has 2 fully saturated rings. The standard InChI is InChI=1S/C20H24FN3O5S2/c21-17-14-15(3-4-16(17)18-2-1-13-30-18)23-7-9-24(10-8-23)31(27,28)20(19(25)22-26)5-11-29-12-6-20/h1-4,13-14,26H,5-12H2,(H,22,25). The zero-order valence-corrected chi connectivity index (χ0v) is 18.4. The molecule has 2 aromatic rings. The SMILES string of the molecule is O=C(NO)C1(S(=O)(=O)N2CCN(c3ccc(-c4cccs4)c(F)c3)CC2)CCOCC1. The molecular formula is C20H24FN3O5S2. The fourth-order valence-electron chi connectivity index (χ4n) is 4.17. The molecule has 2 N–H and O–H groups in total. The molecule has 0 spiro atoms. The first-order chi connectivity index (χ1) is 14.9. The lowest BCUT2D eigenvalue weighted by atomic mass is 9.98. The maximum absolute atomic E-state index is 14.6. The molecule has 31 heavy (non-hydrogen) atoms. The number of anilines is 1. The van der Waals surface area contributed by atoms with E-state index in [2.05, 4.69) is 0 Å². The van der Waals surface area contributed by atoms with Gasteiger partial charge in [-0.1, -0.05) is 6.07 Å². The predicted octanol–water partition coefficient (Wildman–Crippen LogP) is 2.06. The highest BCUT2D eigenvalue weighted by Gasteiger charge is 2.54. The zero-order valence-electron chi connectivity index (χ0n) is 16.8.